The van der Waals surface area contributed by atoms with Crippen LogP contribution >= 0.6 is 0 Å². The molecule has 150 valence electrons. The molecule has 1 atom stereocenters. The van der Waals surface area contributed by atoms with Crippen LogP contribution in [0.2, 0.25) is 0 Å². The molecule has 2 aliphatic heterocycles. The molecule has 1 aromatic heterocycles. The number of hydrogen-bond acceptors (Lipinski definition) is 4. The predicted octanol–water partition coefficient (Wildman–Crippen LogP) is 3.01. The van der Waals surface area contributed by atoms with E-state index in [1.165, 1.54) is 18.4 Å². The Morgan fingerprint density at radius 1 is 1.19 bits per heavy atom. The molecule has 0 aromatic carbocycles. The zero-order valence-corrected chi connectivity index (χ0v) is 17.3. The van der Waals surface area contributed by atoms with Gasteiger partial charge in [0.25, 0.3) is 0 Å². The van der Waals surface area contributed by atoms with Crippen LogP contribution in [-0.4, -0.2) is 70.4 Å². The normalized spacial score (nSPS) is 22.9. The number of hydrogen-bond donors (Lipinski definition) is 0. The second-order valence-electron chi connectivity index (χ2n) is 8.41. The molecule has 0 unspecified atom stereocenters. The molecule has 0 radical (unpaired) electrons. The highest BCUT2D eigenvalue weighted by Crippen LogP contribution is 2.26. The molecule has 2 fully saturated rings. The van der Waals surface area contributed by atoms with Crippen LogP contribution in [0.4, 0.5) is 0 Å². The Balaban J connectivity index is 1.50. The first-order valence-electron chi connectivity index (χ1n) is 10.7. The predicted molar refractivity (Wildman–Crippen MR) is 109 cm³/mol. The molecule has 0 saturated carbocycles. The van der Waals surface area contributed by atoms with Crippen LogP contribution in [0.3, 0.4) is 0 Å². The van der Waals surface area contributed by atoms with Crippen molar-refractivity contribution in [2.45, 2.75) is 65.1 Å². The van der Waals surface area contributed by atoms with E-state index in [1.54, 1.807) is 0 Å². The number of aromatic nitrogens is 1. The van der Waals surface area contributed by atoms with E-state index in [1.807, 2.05) is 17.3 Å². The molecule has 1 aromatic rings. The van der Waals surface area contributed by atoms with E-state index in [2.05, 4.69) is 47.7 Å². The number of carbonyl (C=O) groups is 1. The number of amides is 1. The van der Waals surface area contributed by atoms with E-state index in [-0.39, 0.29) is 5.92 Å². The second kappa shape index (κ2) is 9.65. The maximum Gasteiger partial charge on any atom is 0.227 e. The fraction of sp³-hybridized carbons (Fsp3) is 0.727. The van der Waals surface area contributed by atoms with Crippen molar-refractivity contribution in [2.24, 2.45) is 5.92 Å². The smallest absolute Gasteiger partial charge is 0.227 e. The molecule has 0 N–H and O–H groups in total. The zero-order chi connectivity index (χ0) is 19.2. The summed E-state index contributed by atoms with van der Waals surface area (Å²) in [6, 6.07) is 5.17. The van der Waals surface area contributed by atoms with Gasteiger partial charge in [-0.1, -0.05) is 0 Å². The maximum absolute atomic E-state index is 12.9. The van der Waals surface area contributed by atoms with Gasteiger partial charge in [-0.15, -0.1) is 0 Å². The molecule has 5 nitrogen and oxygen atoms in total. The number of rotatable bonds is 6. The Kier molecular flexibility index (Phi) is 7.25. The van der Waals surface area contributed by atoms with Gasteiger partial charge >= 0.3 is 0 Å². The molecular weight excluding hydrogens is 336 g/mol. The van der Waals surface area contributed by atoms with Crippen LogP contribution in [0.25, 0.3) is 0 Å². The summed E-state index contributed by atoms with van der Waals surface area (Å²) in [6.45, 7) is 12.6. The van der Waals surface area contributed by atoms with Crippen molar-refractivity contribution >= 4 is 5.91 Å². The van der Waals surface area contributed by atoms with Crippen LogP contribution in [0.5, 0.6) is 0 Å². The Morgan fingerprint density at radius 2 is 1.89 bits per heavy atom. The summed E-state index contributed by atoms with van der Waals surface area (Å²) in [6.07, 6.45) is 8.40. The summed E-state index contributed by atoms with van der Waals surface area (Å²) < 4.78 is 0. The van der Waals surface area contributed by atoms with Crippen LogP contribution in [0.1, 0.15) is 52.0 Å². The van der Waals surface area contributed by atoms with Gasteiger partial charge in [0.2, 0.25) is 5.91 Å². The number of likely N-dealkylation sites (tertiary alicyclic amines) is 2. The molecule has 2 aliphatic rings. The summed E-state index contributed by atoms with van der Waals surface area (Å²) in [7, 11) is 0. The number of piperidine rings is 2. The van der Waals surface area contributed by atoms with E-state index in [9.17, 15) is 4.79 Å². The summed E-state index contributed by atoms with van der Waals surface area (Å²) >= 11 is 0. The van der Waals surface area contributed by atoms with E-state index in [0.29, 0.717) is 18.0 Å². The highest BCUT2D eigenvalue weighted by molar-refractivity contribution is 5.79. The highest BCUT2D eigenvalue weighted by Gasteiger charge is 2.33. The first-order chi connectivity index (χ1) is 13.1. The Morgan fingerprint density at radius 3 is 2.52 bits per heavy atom. The largest absolute Gasteiger partial charge is 0.340 e. The average molecular weight is 373 g/mol. The third-order valence-corrected chi connectivity index (χ3v) is 6.28. The van der Waals surface area contributed by atoms with Crippen molar-refractivity contribution in [2.75, 3.05) is 32.7 Å². The van der Waals surface area contributed by atoms with E-state index in [0.717, 1.165) is 52.1 Å². The molecule has 1 amide bonds. The topological polar surface area (TPSA) is 39.7 Å². The minimum atomic E-state index is 0.191. The molecule has 5 heteroatoms. The number of carbonyl (C=O) groups excluding carboxylic acids is 1. The minimum absolute atomic E-state index is 0.191. The summed E-state index contributed by atoms with van der Waals surface area (Å²) in [5.74, 6) is 0.559. The monoisotopic (exact) mass is 372 g/mol. The van der Waals surface area contributed by atoms with Crippen molar-refractivity contribution in [1.82, 2.24) is 19.7 Å². The lowest BCUT2D eigenvalue weighted by Gasteiger charge is -2.43. The molecule has 3 rings (SSSR count). The summed E-state index contributed by atoms with van der Waals surface area (Å²) in [5, 5.41) is 0. The highest BCUT2D eigenvalue weighted by atomic mass is 16.2. The molecule has 0 bridgehead atoms. The van der Waals surface area contributed by atoms with Gasteiger partial charge in [0, 0.05) is 44.1 Å². The van der Waals surface area contributed by atoms with Gasteiger partial charge in [-0.25, -0.2) is 0 Å². The maximum atomic E-state index is 12.9. The third kappa shape index (κ3) is 5.29. The third-order valence-electron chi connectivity index (χ3n) is 6.28. The molecule has 0 spiro atoms. The Bertz CT molecular complexity index is 583. The van der Waals surface area contributed by atoms with Crippen LogP contribution in [-0.2, 0) is 11.3 Å². The van der Waals surface area contributed by atoms with Gasteiger partial charge in [-0.05, 0) is 83.8 Å². The fourth-order valence-electron chi connectivity index (χ4n) is 4.74. The van der Waals surface area contributed by atoms with Gasteiger partial charge in [0.15, 0.2) is 0 Å². The van der Waals surface area contributed by atoms with Gasteiger partial charge < -0.3 is 4.90 Å². The number of nitrogens with zero attached hydrogens (tertiary/aromatic N) is 4. The molecule has 2 saturated heterocycles. The Hall–Kier alpha value is -1.46. The van der Waals surface area contributed by atoms with E-state index >= 15 is 0 Å². The van der Waals surface area contributed by atoms with Crippen molar-refractivity contribution < 1.29 is 4.79 Å². The second-order valence-corrected chi connectivity index (χ2v) is 8.41. The lowest BCUT2D eigenvalue weighted by Crippen LogP contribution is -2.52. The van der Waals surface area contributed by atoms with Gasteiger partial charge in [0.05, 0.1) is 5.92 Å². The Labute approximate surface area is 164 Å². The van der Waals surface area contributed by atoms with Gasteiger partial charge in [-0.2, -0.15) is 0 Å². The van der Waals surface area contributed by atoms with Crippen LogP contribution < -0.4 is 0 Å². The lowest BCUT2D eigenvalue weighted by molar-refractivity contribution is -0.139. The van der Waals surface area contributed by atoms with Gasteiger partial charge in [0.1, 0.15) is 0 Å². The number of pyridine rings is 1. The average Bonchev–Trinajstić information content (AvgIpc) is 2.69. The molecule has 27 heavy (non-hydrogen) atoms. The standard InChI is InChI=1S/C22H36N4O/c1-4-26(18(2)3)22(27)20-6-5-13-25(17-20)21-9-14-24(15-10-21)16-19-7-11-23-12-8-19/h7-8,11-12,18,20-21H,4-6,9-10,13-17H2,1-3H3/t20-/m0/s1. The summed E-state index contributed by atoms with van der Waals surface area (Å²) in [4.78, 5) is 24.3. The SMILES string of the molecule is CCN(C(=O)[C@H]1CCCN(C2CCN(Cc3ccncc3)CC2)C1)C(C)C. The first kappa shape index (κ1) is 20.3. The molecule has 3 heterocycles. The van der Waals surface area contributed by atoms with Crippen molar-refractivity contribution in [3.63, 3.8) is 0 Å². The van der Waals surface area contributed by atoms with Gasteiger partial charge in [-0.3, -0.25) is 19.6 Å². The van der Waals surface area contributed by atoms with Crippen LogP contribution in [0.15, 0.2) is 24.5 Å². The lowest BCUT2D eigenvalue weighted by atomic mass is 9.92. The molecular formula is C22H36N4O. The molecule has 0 aliphatic carbocycles. The van der Waals surface area contributed by atoms with Crippen molar-refractivity contribution in [3.8, 4) is 0 Å². The summed E-state index contributed by atoms with van der Waals surface area (Å²) in [5.41, 5.74) is 1.35. The fourth-order valence-corrected chi connectivity index (χ4v) is 4.74. The minimum Gasteiger partial charge on any atom is -0.340 e. The zero-order valence-electron chi connectivity index (χ0n) is 17.3. The van der Waals surface area contributed by atoms with Crippen LogP contribution in [0, 0.1) is 5.92 Å². The van der Waals surface area contributed by atoms with Crippen molar-refractivity contribution in [3.05, 3.63) is 30.1 Å². The van der Waals surface area contributed by atoms with E-state index < -0.39 is 0 Å². The first-order valence-corrected chi connectivity index (χ1v) is 10.7. The van der Waals surface area contributed by atoms with Crippen molar-refractivity contribution in [1.29, 1.82) is 0 Å². The quantitative estimate of drug-likeness (QED) is 0.770. The van der Waals surface area contributed by atoms with E-state index in [4.69, 9.17) is 0 Å².